The minimum Gasteiger partial charge on any atom is -0.491 e. The van der Waals surface area contributed by atoms with Crippen molar-refractivity contribution in [1.29, 1.82) is 0 Å². The molecule has 0 spiro atoms. The van der Waals surface area contributed by atoms with E-state index >= 15 is 0 Å². The van der Waals surface area contributed by atoms with Gasteiger partial charge in [0.15, 0.2) is 0 Å². The summed E-state index contributed by atoms with van der Waals surface area (Å²) in [5.74, 6) is 0.500. The van der Waals surface area contributed by atoms with Crippen LogP contribution in [0.3, 0.4) is 0 Å². The summed E-state index contributed by atoms with van der Waals surface area (Å²) in [6, 6.07) is 13.9. The van der Waals surface area contributed by atoms with Crippen molar-refractivity contribution in [2.45, 2.75) is 76.4 Å². The third kappa shape index (κ3) is 6.84. The number of ether oxygens (including phenoxy) is 1. The molecule has 0 bridgehead atoms. The van der Waals surface area contributed by atoms with Crippen molar-refractivity contribution in [1.82, 2.24) is 10.2 Å². The Morgan fingerprint density at radius 3 is 2.51 bits per heavy atom. The second kappa shape index (κ2) is 13.4. The van der Waals surface area contributed by atoms with E-state index in [0.717, 1.165) is 48.2 Å². The van der Waals surface area contributed by atoms with Crippen molar-refractivity contribution in [2.75, 3.05) is 24.7 Å². The maximum absolute atomic E-state index is 13.9. The molecule has 9 heteroatoms. The first kappa shape index (κ1) is 28.9. The number of aliphatic hydroxyl groups is 1. The molecule has 4 N–H and O–H groups in total. The first-order valence-corrected chi connectivity index (χ1v) is 15.0. The lowest BCUT2D eigenvalue weighted by molar-refractivity contribution is -0.133. The number of primary amides is 1. The summed E-state index contributed by atoms with van der Waals surface area (Å²) in [6.07, 6.45) is 7.40. The van der Waals surface area contributed by atoms with Crippen LogP contribution in [0.1, 0.15) is 62.5 Å². The molecule has 220 valence electrons. The number of carbonyl (C=O) groups is 3. The van der Waals surface area contributed by atoms with Gasteiger partial charge in [-0.15, -0.1) is 0 Å². The molecule has 0 saturated heterocycles. The number of aliphatic hydroxyl groups excluding tert-OH is 1. The molecule has 3 atom stereocenters. The standard InChI is InChI=1S/C32H42N4O5/c33-32(40)36-27-12-6-4-10-23(27)19-28(36)26(18-22-8-2-1-3-9-22)31(39)34-25(21-37)14-15-30(38)35-16-17-41-29-13-7-5-11-24(29)20-35/h4-7,10-13,22,25-26,28,37H,1-3,8-9,14-21H2,(H2,33,40)(H,34,39)/t25-,26-,28?/m0/s1. The van der Waals surface area contributed by atoms with Gasteiger partial charge in [-0.2, -0.15) is 0 Å². The molecule has 2 aliphatic heterocycles. The van der Waals surface area contributed by atoms with Crippen LogP contribution in [0.5, 0.6) is 5.75 Å². The van der Waals surface area contributed by atoms with Crippen molar-refractivity contribution in [2.24, 2.45) is 17.6 Å². The average Bonchev–Trinajstić information content (AvgIpc) is 3.24. The molecule has 1 fully saturated rings. The number of amides is 4. The number of hydrogen-bond acceptors (Lipinski definition) is 5. The maximum atomic E-state index is 13.9. The Balaban J connectivity index is 1.26. The van der Waals surface area contributed by atoms with E-state index in [2.05, 4.69) is 5.32 Å². The van der Waals surface area contributed by atoms with E-state index in [1.807, 2.05) is 48.5 Å². The summed E-state index contributed by atoms with van der Waals surface area (Å²) < 4.78 is 5.79. The van der Waals surface area contributed by atoms with Crippen LogP contribution in [0.15, 0.2) is 48.5 Å². The highest BCUT2D eigenvalue weighted by atomic mass is 16.5. The van der Waals surface area contributed by atoms with E-state index in [-0.39, 0.29) is 30.9 Å². The molecule has 1 aliphatic carbocycles. The molecule has 2 aromatic rings. The molecule has 0 aromatic heterocycles. The zero-order chi connectivity index (χ0) is 28.8. The number of fused-ring (bicyclic) bond motifs is 2. The fourth-order valence-electron chi connectivity index (χ4n) is 6.75. The molecule has 4 amide bonds. The largest absolute Gasteiger partial charge is 0.491 e. The van der Waals surface area contributed by atoms with Gasteiger partial charge in [0.1, 0.15) is 12.4 Å². The van der Waals surface area contributed by atoms with Gasteiger partial charge < -0.3 is 25.8 Å². The fraction of sp³-hybridized carbons (Fsp3) is 0.531. The van der Waals surface area contributed by atoms with Gasteiger partial charge in [0.2, 0.25) is 11.8 Å². The summed E-state index contributed by atoms with van der Waals surface area (Å²) >= 11 is 0. The Kier molecular flexibility index (Phi) is 9.44. The normalized spacial score (nSPS) is 20.3. The molecular weight excluding hydrogens is 520 g/mol. The van der Waals surface area contributed by atoms with E-state index in [9.17, 15) is 19.5 Å². The second-order valence-electron chi connectivity index (χ2n) is 11.7. The molecule has 2 heterocycles. The second-order valence-corrected chi connectivity index (χ2v) is 11.7. The van der Waals surface area contributed by atoms with Gasteiger partial charge in [-0.1, -0.05) is 68.5 Å². The number of urea groups is 1. The summed E-state index contributed by atoms with van der Waals surface area (Å²) in [5, 5.41) is 13.2. The van der Waals surface area contributed by atoms with Crippen LogP contribution in [0.4, 0.5) is 10.5 Å². The predicted octanol–water partition coefficient (Wildman–Crippen LogP) is 3.76. The van der Waals surface area contributed by atoms with Crippen LogP contribution < -0.4 is 20.7 Å². The molecule has 5 rings (SSSR count). The molecule has 3 aliphatic rings. The van der Waals surface area contributed by atoms with Gasteiger partial charge in [-0.05, 0) is 42.9 Å². The third-order valence-electron chi connectivity index (χ3n) is 8.94. The maximum Gasteiger partial charge on any atom is 0.319 e. The van der Waals surface area contributed by atoms with Gasteiger partial charge >= 0.3 is 6.03 Å². The van der Waals surface area contributed by atoms with Crippen LogP contribution in [0, 0.1) is 11.8 Å². The number of para-hydroxylation sites is 2. The molecular formula is C32H42N4O5. The number of nitrogens with zero attached hydrogens (tertiary/aromatic N) is 2. The van der Waals surface area contributed by atoms with Crippen molar-refractivity contribution in [3.63, 3.8) is 0 Å². The van der Waals surface area contributed by atoms with Gasteiger partial charge in [0.05, 0.1) is 31.2 Å². The topological polar surface area (TPSA) is 125 Å². The zero-order valence-corrected chi connectivity index (χ0v) is 23.7. The van der Waals surface area contributed by atoms with Crippen LogP contribution in [0.25, 0.3) is 0 Å². The molecule has 1 saturated carbocycles. The predicted molar refractivity (Wildman–Crippen MR) is 156 cm³/mol. The van der Waals surface area contributed by atoms with Crippen molar-refractivity contribution in [3.8, 4) is 5.75 Å². The molecule has 9 nitrogen and oxygen atoms in total. The Morgan fingerprint density at radius 2 is 1.76 bits per heavy atom. The number of nitrogens with two attached hydrogens (primary N) is 1. The minimum absolute atomic E-state index is 0.0390. The van der Waals surface area contributed by atoms with Gasteiger partial charge in [-0.25, -0.2) is 4.79 Å². The summed E-state index contributed by atoms with van der Waals surface area (Å²) in [6.45, 7) is 1.11. The fourth-order valence-corrected chi connectivity index (χ4v) is 6.75. The highest BCUT2D eigenvalue weighted by Gasteiger charge is 2.42. The van der Waals surface area contributed by atoms with Gasteiger partial charge in [-0.3, -0.25) is 14.5 Å². The summed E-state index contributed by atoms with van der Waals surface area (Å²) in [4.78, 5) is 43.0. The SMILES string of the molecule is NC(=O)N1c2ccccc2CC1[C@H](CC1CCCCC1)C(=O)N[C@H](CO)CCC(=O)N1CCOc2ccccc2C1. The first-order chi connectivity index (χ1) is 19.9. The van der Waals surface area contributed by atoms with Crippen molar-refractivity contribution >= 4 is 23.5 Å². The number of carbonyl (C=O) groups excluding carboxylic acids is 3. The smallest absolute Gasteiger partial charge is 0.319 e. The van der Waals surface area contributed by atoms with E-state index in [0.29, 0.717) is 44.9 Å². The average molecular weight is 563 g/mol. The Bertz CT molecular complexity index is 1230. The monoisotopic (exact) mass is 562 g/mol. The first-order valence-electron chi connectivity index (χ1n) is 15.0. The number of benzene rings is 2. The Labute approximate surface area is 242 Å². The van der Waals surface area contributed by atoms with Gasteiger partial charge in [0, 0.05) is 24.2 Å². The number of hydrogen-bond donors (Lipinski definition) is 3. The number of nitrogens with one attached hydrogen (secondary N) is 1. The van der Waals surface area contributed by atoms with E-state index in [4.69, 9.17) is 10.5 Å². The Morgan fingerprint density at radius 1 is 1.02 bits per heavy atom. The highest BCUT2D eigenvalue weighted by molar-refractivity contribution is 5.95. The summed E-state index contributed by atoms with van der Waals surface area (Å²) in [5.41, 5.74) is 8.59. The molecule has 41 heavy (non-hydrogen) atoms. The molecule has 2 aromatic carbocycles. The van der Waals surface area contributed by atoms with Crippen LogP contribution >= 0.6 is 0 Å². The van der Waals surface area contributed by atoms with E-state index in [1.54, 1.807) is 9.80 Å². The lowest BCUT2D eigenvalue weighted by atomic mass is 9.79. The minimum atomic E-state index is -0.568. The van der Waals surface area contributed by atoms with Crippen molar-refractivity contribution < 1.29 is 24.2 Å². The highest BCUT2D eigenvalue weighted by Crippen LogP contribution is 2.39. The van der Waals surface area contributed by atoms with E-state index < -0.39 is 18.0 Å². The number of rotatable bonds is 9. The summed E-state index contributed by atoms with van der Waals surface area (Å²) in [7, 11) is 0. The molecule has 0 radical (unpaired) electrons. The van der Waals surface area contributed by atoms with Crippen LogP contribution in [-0.4, -0.2) is 59.7 Å². The van der Waals surface area contributed by atoms with E-state index in [1.165, 1.54) is 6.42 Å². The van der Waals surface area contributed by atoms with Crippen LogP contribution in [0.2, 0.25) is 0 Å². The number of anilines is 1. The zero-order valence-electron chi connectivity index (χ0n) is 23.7. The van der Waals surface area contributed by atoms with Crippen molar-refractivity contribution in [3.05, 3.63) is 59.7 Å². The molecule has 1 unspecified atom stereocenters. The Hall–Kier alpha value is -3.59. The quantitative estimate of drug-likeness (QED) is 0.429. The lowest BCUT2D eigenvalue weighted by Crippen LogP contribution is -2.52. The van der Waals surface area contributed by atoms with Crippen LogP contribution in [-0.2, 0) is 22.6 Å². The lowest BCUT2D eigenvalue weighted by Gasteiger charge is -2.34. The third-order valence-corrected chi connectivity index (χ3v) is 8.94. The van der Waals surface area contributed by atoms with Gasteiger partial charge in [0.25, 0.3) is 0 Å².